The number of nitrogens with zero attached hydrogens (tertiary/aromatic N) is 1. The van der Waals surface area contributed by atoms with Gasteiger partial charge >= 0.3 is 5.97 Å². The van der Waals surface area contributed by atoms with Gasteiger partial charge in [-0.05, 0) is 5.52 Å². The number of hydrogen-bond donors (Lipinski definition) is 1. The average molecular weight is 243 g/mol. The van der Waals surface area contributed by atoms with Crippen LogP contribution in [0.2, 0.25) is 0 Å². The molecule has 1 aromatic heterocycles. The molecule has 0 aliphatic carbocycles. The summed E-state index contributed by atoms with van der Waals surface area (Å²) in [5, 5.41) is 8.84. The molecule has 0 atom stereocenters. The molecule has 0 amide bonds. The third-order valence-corrected chi connectivity index (χ3v) is 2.90. The first-order valence-electron chi connectivity index (χ1n) is 3.69. The van der Waals surface area contributed by atoms with E-state index in [0.29, 0.717) is 5.52 Å². The number of carboxylic acid groups (broad SMARTS) is 1. The quantitative estimate of drug-likeness (QED) is 0.780. The first-order chi connectivity index (χ1) is 6.18. The van der Waals surface area contributed by atoms with Crippen LogP contribution in [0.15, 0.2) is 12.1 Å². The second-order valence-corrected chi connectivity index (χ2v) is 3.66. The predicted octanol–water partition coefficient (Wildman–Crippen LogP) is 2.10. The third-order valence-electron chi connectivity index (χ3n) is 1.72. The summed E-state index contributed by atoms with van der Waals surface area (Å²) in [4.78, 5) is 14.6. The number of thiazole rings is 1. The Balaban J connectivity index is 0.000000980. The van der Waals surface area contributed by atoms with E-state index in [-0.39, 0.29) is 23.6 Å². The molecule has 1 radical (unpaired) electrons. The largest absolute Gasteiger partial charge is 0.476 e. The monoisotopic (exact) mass is 243 g/mol. The van der Waals surface area contributed by atoms with E-state index in [4.69, 9.17) is 5.11 Å². The normalized spacial score (nSPS) is 9.79. The zero-order valence-corrected chi connectivity index (χ0v) is 9.53. The van der Waals surface area contributed by atoms with Gasteiger partial charge in [-0.15, -0.1) is 5.56 Å². The van der Waals surface area contributed by atoms with Gasteiger partial charge in [0.25, 0.3) is 0 Å². The molecule has 0 aliphatic heterocycles. The van der Waals surface area contributed by atoms with Gasteiger partial charge in [-0.2, -0.15) is 29.5 Å². The number of aromatic carboxylic acids is 1. The van der Waals surface area contributed by atoms with E-state index in [2.05, 4.69) is 11.1 Å². The Morgan fingerprint density at radius 1 is 1.64 bits per heavy atom. The number of aromatic nitrogens is 1. The van der Waals surface area contributed by atoms with Crippen molar-refractivity contribution in [2.24, 2.45) is 0 Å². The Morgan fingerprint density at radius 2 is 2.36 bits per heavy atom. The number of aryl methyl sites for hydroxylation is 1. The van der Waals surface area contributed by atoms with Gasteiger partial charge in [-0.1, -0.05) is 11.6 Å². The van der Waals surface area contributed by atoms with E-state index in [0.717, 1.165) is 10.3 Å². The molecule has 0 saturated carbocycles. The SMILES string of the molecule is Cc1cc[c-]c2nc(C(=O)O)sc12.[V]. The van der Waals surface area contributed by atoms with Gasteiger partial charge in [0.1, 0.15) is 0 Å². The van der Waals surface area contributed by atoms with Crippen LogP contribution in [-0.2, 0) is 18.6 Å². The summed E-state index contributed by atoms with van der Waals surface area (Å²) in [7, 11) is 0. The van der Waals surface area contributed by atoms with Crippen LogP contribution >= 0.6 is 11.3 Å². The molecule has 0 fully saturated rings. The molecule has 0 spiro atoms. The Kier molecular flexibility index (Phi) is 3.31. The first-order valence-corrected chi connectivity index (χ1v) is 4.51. The number of rotatable bonds is 1. The van der Waals surface area contributed by atoms with Gasteiger partial charge in [-0.3, -0.25) is 4.98 Å². The molecule has 3 nitrogen and oxygen atoms in total. The summed E-state index contributed by atoms with van der Waals surface area (Å²) in [5.41, 5.74) is 1.68. The molecule has 14 heavy (non-hydrogen) atoms. The molecule has 1 aromatic carbocycles. The Labute approximate surface area is 96.7 Å². The van der Waals surface area contributed by atoms with E-state index >= 15 is 0 Å². The molecular formula is C9H6NO2SV-. The van der Waals surface area contributed by atoms with Crippen LogP contribution in [0, 0.1) is 13.0 Å². The summed E-state index contributed by atoms with van der Waals surface area (Å²) in [6, 6.07) is 6.55. The van der Waals surface area contributed by atoms with Gasteiger partial charge in [-0.25, -0.2) is 4.79 Å². The van der Waals surface area contributed by atoms with E-state index in [9.17, 15) is 4.79 Å². The van der Waals surface area contributed by atoms with Gasteiger partial charge in [0, 0.05) is 18.6 Å². The second kappa shape index (κ2) is 4.13. The standard InChI is InChI=1S/C9H6NO2S.V/c1-5-3-2-4-6-7(5)13-8(10-6)9(11)12;/h2-3H,1H3,(H,11,12);/q-1;. The fourth-order valence-electron chi connectivity index (χ4n) is 1.10. The Hall–Kier alpha value is -0.836. The minimum Gasteiger partial charge on any atom is -0.476 e. The summed E-state index contributed by atoms with van der Waals surface area (Å²) >= 11 is 1.19. The van der Waals surface area contributed by atoms with Crippen molar-refractivity contribution in [1.29, 1.82) is 0 Å². The molecular weight excluding hydrogens is 237 g/mol. The maximum absolute atomic E-state index is 10.6. The van der Waals surface area contributed by atoms with Crippen molar-refractivity contribution in [3.63, 3.8) is 0 Å². The van der Waals surface area contributed by atoms with E-state index in [1.807, 2.05) is 13.0 Å². The van der Waals surface area contributed by atoms with Gasteiger partial charge in [0.15, 0.2) is 5.01 Å². The van der Waals surface area contributed by atoms with Crippen LogP contribution in [0.4, 0.5) is 0 Å². The van der Waals surface area contributed by atoms with Crippen LogP contribution < -0.4 is 0 Å². The van der Waals surface area contributed by atoms with Crippen LogP contribution in [-0.4, -0.2) is 16.1 Å². The zero-order chi connectivity index (χ0) is 9.42. The van der Waals surface area contributed by atoms with Crippen molar-refractivity contribution in [2.45, 2.75) is 6.92 Å². The molecule has 2 rings (SSSR count). The van der Waals surface area contributed by atoms with E-state index in [1.165, 1.54) is 11.3 Å². The van der Waals surface area contributed by atoms with Crippen LogP contribution in [0.3, 0.4) is 0 Å². The van der Waals surface area contributed by atoms with Crippen molar-refractivity contribution in [2.75, 3.05) is 0 Å². The van der Waals surface area contributed by atoms with Gasteiger partial charge < -0.3 is 5.11 Å². The number of benzene rings is 1. The molecule has 1 heterocycles. The number of carboxylic acids is 1. The summed E-state index contributed by atoms with van der Waals surface area (Å²) in [6.07, 6.45) is 0. The molecule has 2 aromatic rings. The van der Waals surface area contributed by atoms with Crippen molar-refractivity contribution in [3.8, 4) is 0 Å². The van der Waals surface area contributed by atoms with Crippen LogP contribution in [0.5, 0.6) is 0 Å². The fraction of sp³-hybridized carbons (Fsp3) is 0.111. The number of hydrogen-bond acceptors (Lipinski definition) is 3. The van der Waals surface area contributed by atoms with Crippen molar-refractivity contribution >= 4 is 27.5 Å². The maximum atomic E-state index is 10.6. The summed E-state index contributed by atoms with van der Waals surface area (Å²) in [6.45, 7) is 1.93. The fourth-order valence-corrected chi connectivity index (χ4v) is 1.95. The van der Waals surface area contributed by atoms with E-state index in [1.54, 1.807) is 6.07 Å². The average Bonchev–Trinajstić information content (AvgIpc) is 2.49. The van der Waals surface area contributed by atoms with E-state index < -0.39 is 5.97 Å². The molecule has 0 saturated heterocycles. The minimum absolute atomic E-state index is 0. The van der Waals surface area contributed by atoms with Gasteiger partial charge in [0.2, 0.25) is 0 Å². The molecule has 0 bridgehead atoms. The van der Waals surface area contributed by atoms with Crippen molar-refractivity contribution in [3.05, 3.63) is 28.8 Å². The maximum Gasteiger partial charge on any atom is 0.363 e. The molecule has 1 N–H and O–H groups in total. The first kappa shape index (κ1) is 11.2. The number of fused-ring (bicyclic) bond motifs is 1. The zero-order valence-electron chi connectivity index (χ0n) is 7.31. The third kappa shape index (κ3) is 1.82. The predicted molar refractivity (Wildman–Crippen MR) is 50.2 cm³/mol. The van der Waals surface area contributed by atoms with Gasteiger partial charge in [0.05, 0.1) is 0 Å². The number of carbonyl (C=O) groups is 1. The summed E-state index contributed by atoms with van der Waals surface area (Å²) < 4.78 is 0.903. The molecule has 0 aliphatic rings. The topological polar surface area (TPSA) is 50.2 Å². The second-order valence-electron chi connectivity index (χ2n) is 2.66. The van der Waals surface area contributed by atoms with Crippen LogP contribution in [0.25, 0.3) is 10.2 Å². The summed E-state index contributed by atoms with van der Waals surface area (Å²) in [5.74, 6) is -0.978. The molecule has 71 valence electrons. The molecule has 0 unspecified atom stereocenters. The minimum atomic E-state index is -0.978. The van der Waals surface area contributed by atoms with Crippen molar-refractivity contribution < 1.29 is 28.5 Å². The smallest absolute Gasteiger partial charge is 0.363 e. The Morgan fingerprint density at radius 3 is 2.93 bits per heavy atom. The Bertz CT molecular complexity index is 481. The molecule has 5 heteroatoms. The van der Waals surface area contributed by atoms with Crippen LogP contribution in [0.1, 0.15) is 15.4 Å². The van der Waals surface area contributed by atoms with Crippen molar-refractivity contribution in [1.82, 2.24) is 4.98 Å².